The predicted octanol–water partition coefficient (Wildman–Crippen LogP) is 4.16. The van der Waals surface area contributed by atoms with Crippen molar-refractivity contribution in [3.8, 4) is 5.75 Å². The molecule has 21 heavy (non-hydrogen) atoms. The quantitative estimate of drug-likeness (QED) is 0.662. The zero-order valence-corrected chi connectivity index (χ0v) is 12.7. The molecule has 0 atom stereocenters. The Kier molecular flexibility index (Phi) is 4.11. The van der Waals surface area contributed by atoms with Crippen LogP contribution in [-0.2, 0) is 12.4 Å². The molecule has 0 unspecified atom stereocenters. The number of hydrogen-bond donors (Lipinski definition) is 0. The van der Waals surface area contributed by atoms with Gasteiger partial charge in [-0.15, -0.1) is 11.6 Å². The van der Waals surface area contributed by atoms with Gasteiger partial charge in [-0.25, -0.2) is 4.98 Å². The molecule has 3 rings (SSSR count). The number of nitrogens with zero attached hydrogens (tertiary/aromatic N) is 2. The van der Waals surface area contributed by atoms with Crippen LogP contribution in [0.5, 0.6) is 5.75 Å². The van der Waals surface area contributed by atoms with Crippen LogP contribution in [0.15, 0.2) is 48.5 Å². The maximum atomic E-state index is 6.03. The number of hydrogen-bond acceptors (Lipinski definition) is 2. The summed E-state index contributed by atoms with van der Waals surface area (Å²) in [5.41, 5.74) is 3.30. The number of ether oxygens (including phenoxy) is 1. The normalized spacial score (nSPS) is 11.0. The molecule has 0 aliphatic rings. The van der Waals surface area contributed by atoms with Crippen molar-refractivity contribution in [2.45, 2.75) is 19.3 Å². The third kappa shape index (κ3) is 2.88. The minimum Gasteiger partial charge on any atom is -0.492 e. The molecule has 108 valence electrons. The molecule has 0 radical (unpaired) electrons. The summed E-state index contributed by atoms with van der Waals surface area (Å²) in [6.07, 6.45) is 0. The van der Waals surface area contributed by atoms with Gasteiger partial charge in [0.15, 0.2) is 0 Å². The van der Waals surface area contributed by atoms with Crippen molar-refractivity contribution < 1.29 is 4.74 Å². The van der Waals surface area contributed by atoms with Crippen molar-refractivity contribution in [1.29, 1.82) is 0 Å². The van der Waals surface area contributed by atoms with Crippen LogP contribution >= 0.6 is 11.6 Å². The van der Waals surface area contributed by atoms with Gasteiger partial charge in [0.1, 0.15) is 18.2 Å². The van der Waals surface area contributed by atoms with Gasteiger partial charge in [0, 0.05) is 0 Å². The lowest BCUT2D eigenvalue weighted by Crippen LogP contribution is -2.10. The van der Waals surface area contributed by atoms with Crippen LogP contribution in [0.25, 0.3) is 11.0 Å². The van der Waals surface area contributed by atoms with Gasteiger partial charge in [-0.3, -0.25) is 0 Å². The molecule has 1 heterocycles. The summed E-state index contributed by atoms with van der Waals surface area (Å²) in [5.74, 6) is 2.17. The highest BCUT2D eigenvalue weighted by atomic mass is 35.5. The zero-order valence-electron chi connectivity index (χ0n) is 11.9. The molecular formula is C17H17ClN2O. The lowest BCUT2D eigenvalue weighted by atomic mass is 10.2. The highest BCUT2D eigenvalue weighted by Gasteiger charge is 2.11. The van der Waals surface area contributed by atoms with Gasteiger partial charge in [-0.2, -0.15) is 0 Å². The number of para-hydroxylation sites is 2. The Bertz CT molecular complexity index is 737. The summed E-state index contributed by atoms with van der Waals surface area (Å²) >= 11 is 6.03. The number of benzene rings is 2. The first-order valence-electron chi connectivity index (χ1n) is 6.98. The second-order valence-electron chi connectivity index (χ2n) is 4.92. The predicted molar refractivity (Wildman–Crippen MR) is 86.0 cm³/mol. The van der Waals surface area contributed by atoms with E-state index in [0.717, 1.165) is 29.2 Å². The Morgan fingerprint density at radius 1 is 1.10 bits per heavy atom. The first kappa shape index (κ1) is 14.0. The van der Waals surface area contributed by atoms with Gasteiger partial charge in [-0.1, -0.05) is 30.3 Å². The number of rotatable bonds is 5. The standard InChI is InChI=1S/C17H17ClN2O/c1-13-6-5-9-15-17(13)19-16(12-18)20(15)10-11-21-14-7-3-2-4-8-14/h2-9H,10-12H2,1H3. The monoisotopic (exact) mass is 300 g/mol. The van der Waals surface area contributed by atoms with E-state index in [1.165, 1.54) is 5.56 Å². The highest BCUT2D eigenvalue weighted by molar-refractivity contribution is 6.16. The third-order valence-electron chi connectivity index (χ3n) is 3.51. The van der Waals surface area contributed by atoms with Crippen molar-refractivity contribution in [2.24, 2.45) is 0 Å². The average molecular weight is 301 g/mol. The van der Waals surface area contributed by atoms with Crippen LogP contribution in [0.3, 0.4) is 0 Å². The summed E-state index contributed by atoms with van der Waals surface area (Å²) in [7, 11) is 0. The summed E-state index contributed by atoms with van der Waals surface area (Å²) in [6.45, 7) is 3.39. The van der Waals surface area contributed by atoms with Gasteiger partial charge in [0.2, 0.25) is 0 Å². The number of alkyl halides is 1. The van der Waals surface area contributed by atoms with Gasteiger partial charge in [0.25, 0.3) is 0 Å². The van der Waals surface area contributed by atoms with Crippen LogP contribution in [0.4, 0.5) is 0 Å². The lowest BCUT2D eigenvalue weighted by Gasteiger charge is -2.09. The van der Waals surface area contributed by atoms with E-state index in [9.17, 15) is 0 Å². The Morgan fingerprint density at radius 3 is 2.67 bits per heavy atom. The molecule has 2 aromatic carbocycles. The largest absolute Gasteiger partial charge is 0.492 e. The van der Waals surface area contributed by atoms with Crippen molar-refractivity contribution in [2.75, 3.05) is 6.61 Å². The van der Waals surface area contributed by atoms with Gasteiger partial charge in [0.05, 0.1) is 23.5 Å². The molecule has 0 saturated carbocycles. The van der Waals surface area contributed by atoms with E-state index >= 15 is 0 Å². The van der Waals surface area contributed by atoms with Crippen molar-refractivity contribution >= 4 is 22.6 Å². The highest BCUT2D eigenvalue weighted by Crippen LogP contribution is 2.21. The van der Waals surface area contributed by atoms with E-state index in [2.05, 4.69) is 28.6 Å². The maximum absolute atomic E-state index is 6.03. The molecule has 0 spiro atoms. The Balaban J connectivity index is 1.81. The summed E-state index contributed by atoms with van der Waals surface area (Å²) < 4.78 is 7.90. The average Bonchev–Trinajstić information content (AvgIpc) is 2.88. The fourth-order valence-electron chi connectivity index (χ4n) is 2.46. The lowest BCUT2D eigenvalue weighted by molar-refractivity contribution is 0.299. The van der Waals surface area contributed by atoms with Gasteiger partial charge < -0.3 is 9.30 Å². The molecule has 0 fully saturated rings. The third-order valence-corrected chi connectivity index (χ3v) is 3.75. The molecule has 0 amide bonds. The first-order chi connectivity index (χ1) is 10.3. The zero-order chi connectivity index (χ0) is 14.7. The molecular weight excluding hydrogens is 284 g/mol. The van der Waals surface area contributed by atoms with Crippen molar-refractivity contribution in [3.63, 3.8) is 0 Å². The minimum absolute atomic E-state index is 0.402. The SMILES string of the molecule is Cc1cccc2c1nc(CCl)n2CCOc1ccccc1. The molecule has 0 N–H and O–H groups in total. The summed E-state index contributed by atoms with van der Waals surface area (Å²) in [5, 5.41) is 0. The number of aromatic nitrogens is 2. The van der Waals surface area contributed by atoms with Crippen LogP contribution in [0.1, 0.15) is 11.4 Å². The topological polar surface area (TPSA) is 27.1 Å². The Hall–Kier alpha value is -2.00. The fourth-order valence-corrected chi connectivity index (χ4v) is 2.66. The molecule has 1 aromatic heterocycles. The molecule has 4 heteroatoms. The van der Waals surface area contributed by atoms with Crippen LogP contribution < -0.4 is 4.74 Å². The van der Waals surface area contributed by atoms with E-state index in [-0.39, 0.29) is 0 Å². The molecule has 0 aliphatic heterocycles. The molecule has 0 saturated heterocycles. The Morgan fingerprint density at radius 2 is 1.90 bits per heavy atom. The summed E-state index contributed by atoms with van der Waals surface area (Å²) in [4.78, 5) is 4.63. The number of imidazole rings is 1. The first-order valence-corrected chi connectivity index (χ1v) is 7.51. The van der Waals surface area contributed by atoms with Crippen LogP contribution in [0.2, 0.25) is 0 Å². The van der Waals surface area contributed by atoms with E-state index < -0.39 is 0 Å². The number of fused-ring (bicyclic) bond motifs is 1. The van der Waals surface area contributed by atoms with E-state index in [4.69, 9.17) is 16.3 Å². The second-order valence-corrected chi connectivity index (χ2v) is 5.18. The second kappa shape index (κ2) is 6.19. The maximum Gasteiger partial charge on any atom is 0.124 e. The minimum atomic E-state index is 0.402. The van der Waals surface area contributed by atoms with Gasteiger partial charge in [-0.05, 0) is 30.7 Å². The molecule has 0 bridgehead atoms. The van der Waals surface area contributed by atoms with Gasteiger partial charge >= 0.3 is 0 Å². The van der Waals surface area contributed by atoms with Crippen molar-refractivity contribution in [3.05, 3.63) is 59.9 Å². The smallest absolute Gasteiger partial charge is 0.124 e. The van der Waals surface area contributed by atoms with Crippen molar-refractivity contribution in [1.82, 2.24) is 9.55 Å². The molecule has 3 nitrogen and oxygen atoms in total. The molecule has 0 aliphatic carbocycles. The fraction of sp³-hybridized carbons (Fsp3) is 0.235. The Labute approximate surface area is 129 Å². The molecule has 3 aromatic rings. The van der Waals surface area contributed by atoms with Crippen LogP contribution in [0, 0.1) is 6.92 Å². The van der Waals surface area contributed by atoms with Crippen LogP contribution in [-0.4, -0.2) is 16.2 Å². The van der Waals surface area contributed by atoms with E-state index in [1.807, 2.05) is 36.4 Å². The number of halogens is 1. The summed E-state index contributed by atoms with van der Waals surface area (Å²) in [6, 6.07) is 16.0. The van der Waals surface area contributed by atoms with E-state index in [1.54, 1.807) is 0 Å². The number of aryl methyl sites for hydroxylation is 1. The van der Waals surface area contributed by atoms with E-state index in [0.29, 0.717) is 12.5 Å².